The normalized spacial score (nSPS) is 33.1. The van der Waals surface area contributed by atoms with Gasteiger partial charge in [-0.15, -0.1) is 0 Å². The van der Waals surface area contributed by atoms with Crippen LogP contribution in [0.15, 0.2) is 4.90 Å². The fourth-order valence-corrected chi connectivity index (χ4v) is 7.23. The molecule has 2 atom stereocenters. The smallest absolute Gasteiger partial charge is 0.300 e. The van der Waals surface area contributed by atoms with Gasteiger partial charge in [0, 0.05) is 6.42 Å². The predicted molar refractivity (Wildman–Crippen MR) is 92.8 cm³/mol. The quantitative estimate of drug-likeness (QED) is 0.303. The van der Waals surface area contributed by atoms with Gasteiger partial charge in [0.1, 0.15) is 5.60 Å². The fourth-order valence-electron chi connectivity index (χ4n) is 5.76. The van der Waals surface area contributed by atoms with Gasteiger partial charge in [-0.25, -0.2) is 8.78 Å². The summed E-state index contributed by atoms with van der Waals surface area (Å²) in [6.45, 7) is 0. The maximum absolute atomic E-state index is 14.5. The Labute approximate surface area is 170 Å². The van der Waals surface area contributed by atoms with Crippen LogP contribution in [-0.4, -0.2) is 38.8 Å². The minimum Gasteiger partial charge on any atom is -0.481 e. The Kier molecular flexibility index (Phi) is 4.74. The van der Waals surface area contributed by atoms with Gasteiger partial charge < -0.3 is 4.74 Å². The van der Waals surface area contributed by atoms with Gasteiger partial charge in [-0.3, -0.25) is 8.74 Å². The number of rotatable bonds is 5. The van der Waals surface area contributed by atoms with E-state index in [-0.39, 0.29) is 31.1 Å². The van der Waals surface area contributed by atoms with Gasteiger partial charge >= 0.3 is 10.1 Å². The van der Waals surface area contributed by atoms with Gasteiger partial charge in [0.15, 0.2) is 22.3 Å². The molecule has 0 amide bonds. The predicted octanol–water partition coefficient (Wildman–Crippen LogP) is 2.94. The van der Waals surface area contributed by atoms with Gasteiger partial charge in [0.2, 0.25) is 11.6 Å². The lowest BCUT2D eigenvalue weighted by atomic mass is 9.52. The lowest BCUT2D eigenvalue weighted by Crippen LogP contribution is -2.62. The monoisotopic (exact) mass is 474 g/mol. The van der Waals surface area contributed by atoms with Crippen LogP contribution in [0.4, 0.5) is 17.6 Å². The first kappa shape index (κ1) is 21.8. The average Bonchev–Trinajstić information content (AvgIpc) is 2.52. The Bertz CT molecular complexity index is 1090. The number of benzene rings is 1. The van der Waals surface area contributed by atoms with Gasteiger partial charge in [-0.05, 0) is 43.9 Å². The number of hydrogen-bond donors (Lipinski definition) is 1. The van der Waals surface area contributed by atoms with Crippen LogP contribution < -0.4 is 4.74 Å². The second kappa shape index (κ2) is 6.53. The first-order valence-corrected chi connectivity index (χ1v) is 12.3. The molecule has 4 aliphatic rings. The Hall–Kier alpha value is -1.44. The molecule has 4 fully saturated rings. The SMILES string of the molecule is CS(=O)(=O)OC12CC3CC(CC(Oc4c(F)c(F)c(S(=O)(=O)O)c(F)c4F)(C3)C1)C2. The van der Waals surface area contributed by atoms with Crippen molar-refractivity contribution in [2.75, 3.05) is 6.26 Å². The molecule has 0 saturated heterocycles. The third kappa shape index (κ3) is 3.59. The highest BCUT2D eigenvalue weighted by molar-refractivity contribution is 7.86. The van der Waals surface area contributed by atoms with Crippen molar-refractivity contribution in [3.63, 3.8) is 0 Å². The largest absolute Gasteiger partial charge is 0.481 e. The van der Waals surface area contributed by atoms with E-state index in [0.717, 1.165) is 12.7 Å². The second-order valence-electron chi connectivity index (χ2n) is 8.61. The summed E-state index contributed by atoms with van der Waals surface area (Å²) >= 11 is 0. The van der Waals surface area contributed by atoms with E-state index in [2.05, 4.69) is 0 Å². The van der Waals surface area contributed by atoms with Crippen molar-refractivity contribution < 1.29 is 47.9 Å². The van der Waals surface area contributed by atoms with Gasteiger partial charge in [0.25, 0.3) is 10.1 Å². The summed E-state index contributed by atoms with van der Waals surface area (Å²) in [7, 11) is -9.44. The van der Waals surface area contributed by atoms with Crippen LogP contribution in [-0.2, 0) is 24.4 Å². The molecule has 1 aromatic rings. The summed E-state index contributed by atoms with van der Waals surface area (Å²) in [5.41, 5.74) is -2.48. The van der Waals surface area contributed by atoms with Crippen LogP contribution in [0, 0.1) is 35.1 Å². The Balaban J connectivity index is 1.77. The van der Waals surface area contributed by atoms with Gasteiger partial charge in [-0.2, -0.15) is 25.6 Å². The number of hydrogen-bond acceptors (Lipinski definition) is 6. The van der Waals surface area contributed by atoms with Crippen LogP contribution in [0.25, 0.3) is 0 Å². The van der Waals surface area contributed by atoms with Gasteiger partial charge in [0.05, 0.1) is 11.9 Å². The van der Waals surface area contributed by atoms with Crippen molar-refractivity contribution in [3.05, 3.63) is 23.3 Å². The lowest BCUT2D eigenvalue weighted by Gasteiger charge is -2.60. The van der Waals surface area contributed by atoms with Crippen molar-refractivity contribution >= 4 is 20.2 Å². The number of ether oxygens (including phenoxy) is 1. The van der Waals surface area contributed by atoms with E-state index in [1.54, 1.807) is 0 Å². The molecular formula is C17H18F4O7S2. The maximum Gasteiger partial charge on any atom is 0.300 e. The van der Waals surface area contributed by atoms with Crippen molar-refractivity contribution in [2.45, 2.75) is 54.6 Å². The molecule has 4 aliphatic carbocycles. The first-order valence-electron chi connectivity index (χ1n) is 9.07. The zero-order valence-corrected chi connectivity index (χ0v) is 17.3. The van der Waals surface area contributed by atoms with E-state index in [0.29, 0.717) is 12.8 Å². The molecule has 168 valence electrons. The zero-order valence-electron chi connectivity index (χ0n) is 15.6. The summed E-state index contributed by atoms with van der Waals surface area (Å²) < 4.78 is 123. The highest BCUT2D eigenvalue weighted by Crippen LogP contribution is 2.60. The summed E-state index contributed by atoms with van der Waals surface area (Å²) in [6, 6.07) is 0. The van der Waals surface area contributed by atoms with Crippen molar-refractivity contribution in [2.24, 2.45) is 11.8 Å². The van der Waals surface area contributed by atoms with E-state index in [1.807, 2.05) is 0 Å². The third-order valence-corrected chi connectivity index (χ3v) is 7.57. The summed E-state index contributed by atoms with van der Waals surface area (Å²) in [5.74, 6) is -10.4. The van der Waals surface area contributed by atoms with E-state index in [1.165, 1.54) is 0 Å². The van der Waals surface area contributed by atoms with Gasteiger partial charge in [-0.1, -0.05) is 0 Å². The first-order chi connectivity index (χ1) is 13.6. The molecule has 30 heavy (non-hydrogen) atoms. The molecule has 1 aromatic carbocycles. The molecule has 0 radical (unpaired) electrons. The van der Waals surface area contributed by atoms with Crippen LogP contribution in [0.3, 0.4) is 0 Å². The van der Waals surface area contributed by atoms with Crippen molar-refractivity contribution in [1.29, 1.82) is 0 Å². The molecule has 2 unspecified atom stereocenters. The maximum atomic E-state index is 14.5. The minimum atomic E-state index is -5.58. The topological polar surface area (TPSA) is 107 Å². The standard InChI is InChI=1S/C17H18F4O7S2/c1-29(22,23)28-17-5-8-2-9(6-17)4-16(3-8,7-17)27-14-10(18)12(20)15(30(24,25)26)13(21)11(14)19/h8-9H,2-7H2,1H3,(H,24,25,26). The molecule has 4 saturated carbocycles. The van der Waals surface area contributed by atoms with E-state index >= 15 is 0 Å². The van der Waals surface area contributed by atoms with Crippen LogP contribution in [0.1, 0.15) is 38.5 Å². The fraction of sp³-hybridized carbons (Fsp3) is 0.647. The highest BCUT2D eigenvalue weighted by atomic mass is 32.2. The number of halogens is 4. The van der Waals surface area contributed by atoms with Crippen LogP contribution in [0.2, 0.25) is 0 Å². The lowest BCUT2D eigenvalue weighted by molar-refractivity contribution is -0.176. The molecule has 0 aromatic heterocycles. The summed E-state index contributed by atoms with van der Waals surface area (Å²) in [5, 5.41) is 0. The molecule has 0 spiro atoms. The van der Waals surface area contributed by atoms with E-state index in [4.69, 9.17) is 13.5 Å². The molecule has 0 heterocycles. The van der Waals surface area contributed by atoms with E-state index in [9.17, 15) is 34.4 Å². The Morgan fingerprint density at radius 2 is 1.33 bits per heavy atom. The molecule has 4 bridgehead atoms. The summed E-state index contributed by atoms with van der Waals surface area (Å²) in [4.78, 5) is -2.15. The molecule has 13 heteroatoms. The summed E-state index contributed by atoms with van der Waals surface area (Å²) in [6.07, 6.45) is 2.88. The molecule has 5 rings (SSSR count). The average molecular weight is 474 g/mol. The Morgan fingerprint density at radius 3 is 1.77 bits per heavy atom. The zero-order chi connectivity index (χ0) is 22.3. The van der Waals surface area contributed by atoms with Crippen molar-refractivity contribution in [3.8, 4) is 5.75 Å². The Morgan fingerprint density at radius 1 is 0.867 bits per heavy atom. The molecular weight excluding hydrogens is 456 g/mol. The van der Waals surface area contributed by atoms with Crippen molar-refractivity contribution in [1.82, 2.24) is 0 Å². The molecule has 0 aliphatic heterocycles. The van der Waals surface area contributed by atoms with E-state index < -0.39 is 65.4 Å². The highest BCUT2D eigenvalue weighted by Gasteiger charge is 2.61. The molecule has 1 N–H and O–H groups in total. The molecule has 7 nitrogen and oxygen atoms in total. The van der Waals surface area contributed by atoms with Crippen LogP contribution in [0.5, 0.6) is 5.75 Å². The second-order valence-corrected chi connectivity index (χ2v) is 11.5. The minimum absolute atomic E-state index is 0.0672. The third-order valence-electron chi connectivity index (χ3n) is 6.04. The van der Waals surface area contributed by atoms with Crippen LogP contribution >= 0.6 is 0 Å².